The molecule has 0 atom stereocenters. The van der Waals surface area contributed by atoms with Crippen LogP contribution in [0.3, 0.4) is 0 Å². The molecule has 2 aromatic carbocycles. The maximum atomic E-state index is 5.85. The van der Waals surface area contributed by atoms with Gasteiger partial charge in [0.2, 0.25) is 0 Å². The minimum Gasteiger partial charge on any atom is -0.489 e. The molecule has 0 aliphatic rings. The fraction of sp³-hybridized carbons (Fsp3) is 0.368. The van der Waals surface area contributed by atoms with Gasteiger partial charge in [-0.15, -0.1) is 0 Å². The Morgan fingerprint density at radius 2 is 1.71 bits per heavy atom. The topological polar surface area (TPSA) is 21.3 Å². The third-order valence-corrected chi connectivity index (χ3v) is 3.37. The molecule has 2 nitrogen and oxygen atoms in total. The van der Waals surface area contributed by atoms with Crippen molar-refractivity contribution < 1.29 is 4.74 Å². The van der Waals surface area contributed by atoms with Crippen molar-refractivity contribution in [1.29, 1.82) is 0 Å². The van der Waals surface area contributed by atoms with Crippen molar-refractivity contribution >= 4 is 0 Å². The molecule has 0 fully saturated rings. The molecule has 0 aliphatic heterocycles. The van der Waals surface area contributed by atoms with E-state index in [0.29, 0.717) is 6.61 Å². The van der Waals surface area contributed by atoms with E-state index in [4.69, 9.17) is 4.74 Å². The van der Waals surface area contributed by atoms with E-state index < -0.39 is 0 Å². The quantitative estimate of drug-likeness (QED) is 0.725. The maximum Gasteiger partial charge on any atom is 0.120 e. The first-order chi connectivity index (χ1) is 10.2. The van der Waals surface area contributed by atoms with E-state index in [-0.39, 0.29) is 0 Å². The smallest absolute Gasteiger partial charge is 0.120 e. The van der Waals surface area contributed by atoms with E-state index in [2.05, 4.69) is 49.5 Å². The van der Waals surface area contributed by atoms with Crippen molar-refractivity contribution in [3.05, 3.63) is 65.7 Å². The molecule has 0 spiro atoms. The van der Waals surface area contributed by atoms with Gasteiger partial charge in [0.15, 0.2) is 0 Å². The lowest BCUT2D eigenvalue weighted by atomic mass is 10.1. The van der Waals surface area contributed by atoms with Crippen LogP contribution in [-0.4, -0.2) is 6.54 Å². The zero-order valence-corrected chi connectivity index (χ0v) is 13.0. The molecule has 0 heterocycles. The molecule has 0 saturated heterocycles. The van der Waals surface area contributed by atoms with Crippen LogP contribution in [0.5, 0.6) is 5.75 Å². The monoisotopic (exact) mass is 283 g/mol. The first-order valence-electron chi connectivity index (χ1n) is 7.70. The molecule has 0 saturated carbocycles. The van der Waals surface area contributed by atoms with E-state index in [1.54, 1.807) is 0 Å². The second kappa shape index (κ2) is 8.48. The summed E-state index contributed by atoms with van der Waals surface area (Å²) in [4.78, 5) is 0. The Morgan fingerprint density at radius 3 is 2.48 bits per heavy atom. The standard InChI is InChI=1S/C19H25NO/c1-16(2)11-12-20-14-18-9-6-10-19(13-18)21-15-17-7-4-3-5-8-17/h3-10,13,16,20H,11-12,14-15H2,1-2H3. The van der Waals surface area contributed by atoms with Crippen molar-refractivity contribution in [3.8, 4) is 5.75 Å². The van der Waals surface area contributed by atoms with E-state index in [1.807, 2.05) is 24.3 Å². The van der Waals surface area contributed by atoms with Gasteiger partial charge in [-0.05, 0) is 42.1 Å². The summed E-state index contributed by atoms with van der Waals surface area (Å²) in [5.41, 5.74) is 2.46. The lowest BCUT2D eigenvalue weighted by molar-refractivity contribution is 0.306. The van der Waals surface area contributed by atoms with Crippen molar-refractivity contribution in [1.82, 2.24) is 5.32 Å². The number of nitrogens with one attached hydrogen (secondary N) is 1. The van der Waals surface area contributed by atoms with Gasteiger partial charge in [-0.1, -0.05) is 56.3 Å². The van der Waals surface area contributed by atoms with Gasteiger partial charge in [-0.3, -0.25) is 0 Å². The number of hydrogen-bond donors (Lipinski definition) is 1. The fourth-order valence-electron chi connectivity index (χ4n) is 2.11. The summed E-state index contributed by atoms with van der Waals surface area (Å²) in [6, 6.07) is 18.6. The number of rotatable bonds is 8. The Kier molecular flexibility index (Phi) is 6.29. The molecule has 112 valence electrons. The Morgan fingerprint density at radius 1 is 0.952 bits per heavy atom. The SMILES string of the molecule is CC(C)CCNCc1cccc(OCc2ccccc2)c1. The fourth-order valence-corrected chi connectivity index (χ4v) is 2.11. The van der Waals surface area contributed by atoms with Crippen molar-refractivity contribution in [2.45, 2.75) is 33.4 Å². The van der Waals surface area contributed by atoms with Crippen LogP contribution in [0.4, 0.5) is 0 Å². The average molecular weight is 283 g/mol. The summed E-state index contributed by atoms with van der Waals surface area (Å²) in [7, 11) is 0. The number of ether oxygens (including phenoxy) is 1. The molecule has 1 N–H and O–H groups in total. The third kappa shape index (κ3) is 6.01. The van der Waals surface area contributed by atoms with Crippen LogP contribution in [0.25, 0.3) is 0 Å². The summed E-state index contributed by atoms with van der Waals surface area (Å²) < 4.78 is 5.85. The van der Waals surface area contributed by atoms with Gasteiger partial charge in [-0.2, -0.15) is 0 Å². The predicted octanol–water partition coefficient (Wildman–Crippen LogP) is 4.40. The summed E-state index contributed by atoms with van der Waals surface area (Å²) in [6.45, 7) is 7.08. The molecule has 2 rings (SSSR count). The Labute approximate surface area is 128 Å². The van der Waals surface area contributed by atoms with Crippen LogP contribution < -0.4 is 10.1 Å². The van der Waals surface area contributed by atoms with Gasteiger partial charge < -0.3 is 10.1 Å². The Hall–Kier alpha value is -1.80. The van der Waals surface area contributed by atoms with E-state index in [1.165, 1.54) is 17.5 Å². The lowest BCUT2D eigenvalue weighted by Crippen LogP contribution is -2.16. The molecular weight excluding hydrogens is 258 g/mol. The van der Waals surface area contributed by atoms with Gasteiger partial charge in [0.05, 0.1) is 0 Å². The van der Waals surface area contributed by atoms with Crippen LogP contribution in [-0.2, 0) is 13.2 Å². The maximum absolute atomic E-state index is 5.85. The van der Waals surface area contributed by atoms with Crippen LogP contribution in [0.2, 0.25) is 0 Å². The zero-order chi connectivity index (χ0) is 14.9. The van der Waals surface area contributed by atoms with Crippen molar-refractivity contribution in [2.75, 3.05) is 6.54 Å². The molecule has 2 aromatic rings. The van der Waals surface area contributed by atoms with Gasteiger partial charge in [-0.25, -0.2) is 0 Å². The molecule has 2 heteroatoms. The third-order valence-electron chi connectivity index (χ3n) is 3.37. The summed E-state index contributed by atoms with van der Waals surface area (Å²) in [6.07, 6.45) is 1.21. The molecule has 0 amide bonds. The van der Waals surface area contributed by atoms with Crippen LogP contribution >= 0.6 is 0 Å². The zero-order valence-electron chi connectivity index (χ0n) is 13.0. The summed E-state index contributed by atoms with van der Waals surface area (Å²) in [5, 5.41) is 3.48. The highest BCUT2D eigenvalue weighted by Gasteiger charge is 1.99. The van der Waals surface area contributed by atoms with E-state index >= 15 is 0 Å². The lowest BCUT2D eigenvalue weighted by Gasteiger charge is -2.10. The highest BCUT2D eigenvalue weighted by atomic mass is 16.5. The van der Waals surface area contributed by atoms with Crippen LogP contribution in [0, 0.1) is 5.92 Å². The molecular formula is C19H25NO. The normalized spacial score (nSPS) is 10.8. The van der Waals surface area contributed by atoms with Crippen LogP contribution in [0.1, 0.15) is 31.4 Å². The molecule has 0 aromatic heterocycles. The van der Waals surface area contributed by atoms with Gasteiger partial charge >= 0.3 is 0 Å². The molecule has 21 heavy (non-hydrogen) atoms. The Bertz CT molecular complexity index is 522. The second-order valence-corrected chi connectivity index (χ2v) is 5.78. The van der Waals surface area contributed by atoms with Crippen LogP contribution in [0.15, 0.2) is 54.6 Å². The van der Waals surface area contributed by atoms with Crippen molar-refractivity contribution in [3.63, 3.8) is 0 Å². The van der Waals surface area contributed by atoms with E-state index in [9.17, 15) is 0 Å². The largest absolute Gasteiger partial charge is 0.489 e. The second-order valence-electron chi connectivity index (χ2n) is 5.78. The first-order valence-corrected chi connectivity index (χ1v) is 7.70. The molecule has 0 unspecified atom stereocenters. The van der Waals surface area contributed by atoms with E-state index in [0.717, 1.165) is 24.8 Å². The van der Waals surface area contributed by atoms with Gasteiger partial charge in [0.25, 0.3) is 0 Å². The predicted molar refractivity (Wildman–Crippen MR) is 88.4 cm³/mol. The summed E-state index contributed by atoms with van der Waals surface area (Å²) >= 11 is 0. The minimum atomic E-state index is 0.616. The average Bonchev–Trinajstić information content (AvgIpc) is 2.51. The number of benzene rings is 2. The first kappa shape index (κ1) is 15.6. The Balaban J connectivity index is 1.80. The highest BCUT2D eigenvalue weighted by molar-refractivity contribution is 5.29. The molecule has 0 aliphatic carbocycles. The summed E-state index contributed by atoms with van der Waals surface area (Å²) in [5.74, 6) is 1.68. The number of hydrogen-bond acceptors (Lipinski definition) is 2. The van der Waals surface area contributed by atoms with Gasteiger partial charge in [0, 0.05) is 6.54 Å². The molecule has 0 radical (unpaired) electrons. The van der Waals surface area contributed by atoms with Gasteiger partial charge in [0.1, 0.15) is 12.4 Å². The van der Waals surface area contributed by atoms with Crippen molar-refractivity contribution in [2.24, 2.45) is 5.92 Å². The highest BCUT2D eigenvalue weighted by Crippen LogP contribution is 2.15. The minimum absolute atomic E-state index is 0.616. The molecule has 0 bridgehead atoms.